The van der Waals surface area contributed by atoms with Crippen molar-refractivity contribution in [2.45, 2.75) is 25.9 Å². The maximum Gasteiger partial charge on any atom is 0.213 e. The summed E-state index contributed by atoms with van der Waals surface area (Å²) in [5.74, 6) is 0.671. The van der Waals surface area contributed by atoms with Crippen molar-refractivity contribution in [3.05, 3.63) is 0 Å². The molecular formula is C11H22N2O3S. The maximum atomic E-state index is 11.7. The topological polar surface area (TPSA) is 60.9 Å². The molecule has 0 aromatic carbocycles. The predicted molar refractivity (Wildman–Crippen MR) is 66.2 cm³/mol. The first kappa shape index (κ1) is 13.3. The van der Waals surface area contributed by atoms with Crippen molar-refractivity contribution >= 4 is 10.0 Å². The van der Waals surface area contributed by atoms with Crippen LogP contribution in [0.25, 0.3) is 0 Å². The highest BCUT2D eigenvalue weighted by molar-refractivity contribution is 7.89. The Morgan fingerprint density at radius 3 is 2.29 bits per heavy atom. The molecule has 2 aliphatic rings. The second kappa shape index (κ2) is 5.22. The van der Waals surface area contributed by atoms with Crippen molar-refractivity contribution in [3.8, 4) is 0 Å². The molecule has 1 aliphatic carbocycles. The number of aliphatic hydroxyl groups excluding tert-OH is 1. The minimum atomic E-state index is -3.03. The van der Waals surface area contributed by atoms with Gasteiger partial charge in [0.2, 0.25) is 10.0 Å². The highest BCUT2D eigenvalue weighted by Crippen LogP contribution is 2.32. The highest BCUT2D eigenvalue weighted by atomic mass is 32.2. The van der Waals surface area contributed by atoms with Gasteiger partial charge in [0.25, 0.3) is 0 Å². The lowest BCUT2D eigenvalue weighted by atomic mass is 10.2. The standard InChI is InChI=1S/C11H22N2O3S/c1-2-17(15,16)13-7-5-12(6-8-13)9-11(14)10-3-4-10/h10-11,14H,2-9H2,1H3. The smallest absolute Gasteiger partial charge is 0.213 e. The van der Waals surface area contributed by atoms with Crippen molar-refractivity contribution in [2.24, 2.45) is 5.92 Å². The van der Waals surface area contributed by atoms with Crippen molar-refractivity contribution in [2.75, 3.05) is 38.5 Å². The Bertz CT molecular complexity index is 346. The molecule has 1 aliphatic heterocycles. The van der Waals surface area contributed by atoms with E-state index < -0.39 is 10.0 Å². The number of nitrogens with zero attached hydrogens (tertiary/aromatic N) is 2. The minimum absolute atomic E-state index is 0.178. The van der Waals surface area contributed by atoms with Crippen LogP contribution in [0.4, 0.5) is 0 Å². The summed E-state index contributed by atoms with van der Waals surface area (Å²) in [6.07, 6.45) is 2.07. The first-order valence-electron chi connectivity index (χ1n) is 6.41. The molecule has 2 fully saturated rings. The molecule has 1 N–H and O–H groups in total. The van der Waals surface area contributed by atoms with Gasteiger partial charge in [-0.25, -0.2) is 8.42 Å². The zero-order chi connectivity index (χ0) is 12.5. The molecule has 0 bridgehead atoms. The Morgan fingerprint density at radius 2 is 1.82 bits per heavy atom. The van der Waals surface area contributed by atoms with Crippen molar-refractivity contribution in [1.82, 2.24) is 9.21 Å². The average molecular weight is 262 g/mol. The van der Waals surface area contributed by atoms with Gasteiger partial charge < -0.3 is 5.11 Å². The lowest BCUT2D eigenvalue weighted by molar-refractivity contribution is 0.0782. The second-order valence-corrected chi connectivity index (χ2v) is 7.26. The summed E-state index contributed by atoms with van der Waals surface area (Å²) in [5.41, 5.74) is 0. The average Bonchev–Trinajstić information content (AvgIpc) is 3.13. The normalized spacial score (nSPS) is 26.0. The van der Waals surface area contributed by atoms with Crippen LogP contribution in [0.3, 0.4) is 0 Å². The molecule has 17 heavy (non-hydrogen) atoms. The lowest BCUT2D eigenvalue weighted by Gasteiger charge is -2.34. The van der Waals surface area contributed by atoms with Crippen molar-refractivity contribution in [1.29, 1.82) is 0 Å². The van der Waals surface area contributed by atoms with Gasteiger partial charge in [-0.05, 0) is 25.7 Å². The monoisotopic (exact) mass is 262 g/mol. The Labute approximate surface area is 103 Å². The van der Waals surface area contributed by atoms with Crippen LogP contribution in [0, 0.1) is 5.92 Å². The lowest BCUT2D eigenvalue weighted by Crippen LogP contribution is -2.50. The van der Waals surface area contributed by atoms with E-state index in [1.165, 1.54) is 0 Å². The van der Waals surface area contributed by atoms with E-state index in [9.17, 15) is 13.5 Å². The SMILES string of the molecule is CCS(=O)(=O)N1CCN(CC(O)C2CC2)CC1. The summed E-state index contributed by atoms with van der Waals surface area (Å²) in [6, 6.07) is 0. The first-order valence-corrected chi connectivity index (χ1v) is 8.02. The van der Waals surface area contributed by atoms with Crippen LogP contribution in [-0.4, -0.2) is 67.3 Å². The number of rotatable bonds is 5. The van der Waals surface area contributed by atoms with Gasteiger partial charge in [0, 0.05) is 32.7 Å². The minimum Gasteiger partial charge on any atom is -0.392 e. The van der Waals surface area contributed by atoms with Gasteiger partial charge in [-0.2, -0.15) is 4.31 Å². The van der Waals surface area contributed by atoms with Crippen LogP contribution >= 0.6 is 0 Å². The van der Waals surface area contributed by atoms with Crippen LogP contribution in [0.15, 0.2) is 0 Å². The van der Waals surface area contributed by atoms with Gasteiger partial charge in [-0.3, -0.25) is 4.90 Å². The van der Waals surface area contributed by atoms with Crippen LogP contribution in [0.2, 0.25) is 0 Å². The largest absolute Gasteiger partial charge is 0.392 e. The number of hydrogen-bond donors (Lipinski definition) is 1. The fourth-order valence-electron chi connectivity index (χ4n) is 2.27. The van der Waals surface area contributed by atoms with Crippen LogP contribution in [0.5, 0.6) is 0 Å². The Morgan fingerprint density at radius 1 is 1.24 bits per heavy atom. The van der Waals surface area contributed by atoms with E-state index in [0.717, 1.165) is 25.9 Å². The van der Waals surface area contributed by atoms with E-state index in [1.807, 2.05) is 0 Å². The molecule has 1 unspecified atom stereocenters. The van der Waals surface area contributed by atoms with Crippen LogP contribution in [-0.2, 0) is 10.0 Å². The Kier molecular flexibility index (Phi) is 4.07. The number of sulfonamides is 1. The fourth-order valence-corrected chi connectivity index (χ4v) is 3.35. The van der Waals surface area contributed by atoms with Crippen LogP contribution in [0.1, 0.15) is 19.8 Å². The molecule has 1 saturated carbocycles. The van der Waals surface area contributed by atoms with Crippen molar-refractivity contribution in [3.63, 3.8) is 0 Å². The molecule has 100 valence electrons. The third kappa shape index (κ3) is 3.40. The van der Waals surface area contributed by atoms with Gasteiger partial charge in [0.05, 0.1) is 11.9 Å². The van der Waals surface area contributed by atoms with Gasteiger partial charge in [0.1, 0.15) is 0 Å². The summed E-state index contributed by atoms with van der Waals surface area (Å²) in [4.78, 5) is 2.17. The molecule has 2 rings (SSSR count). The van der Waals surface area contributed by atoms with Crippen molar-refractivity contribution < 1.29 is 13.5 Å². The second-order valence-electron chi connectivity index (χ2n) is 5.00. The van der Waals surface area contributed by atoms with Gasteiger partial charge in [-0.1, -0.05) is 0 Å². The Hall–Kier alpha value is -0.170. The van der Waals surface area contributed by atoms with E-state index in [0.29, 0.717) is 25.6 Å². The zero-order valence-electron chi connectivity index (χ0n) is 10.4. The van der Waals surface area contributed by atoms with Crippen LogP contribution < -0.4 is 0 Å². The molecular weight excluding hydrogens is 240 g/mol. The summed E-state index contributed by atoms with van der Waals surface area (Å²) in [5, 5.41) is 9.84. The Balaban J connectivity index is 1.77. The number of aliphatic hydroxyl groups is 1. The molecule has 0 radical (unpaired) electrons. The van der Waals surface area contributed by atoms with Gasteiger partial charge >= 0.3 is 0 Å². The highest BCUT2D eigenvalue weighted by Gasteiger charge is 2.32. The summed E-state index contributed by atoms with van der Waals surface area (Å²) >= 11 is 0. The molecule has 0 aromatic rings. The quantitative estimate of drug-likeness (QED) is 0.740. The molecule has 0 aromatic heterocycles. The van der Waals surface area contributed by atoms with E-state index in [-0.39, 0.29) is 11.9 Å². The van der Waals surface area contributed by atoms with E-state index in [4.69, 9.17) is 0 Å². The molecule has 6 heteroatoms. The summed E-state index contributed by atoms with van der Waals surface area (Å²) < 4.78 is 24.9. The number of piperazine rings is 1. The predicted octanol–water partition coefficient (Wildman–Crippen LogP) is -0.275. The van der Waals surface area contributed by atoms with E-state index in [2.05, 4.69) is 4.90 Å². The molecule has 1 atom stereocenters. The molecule has 0 amide bonds. The summed E-state index contributed by atoms with van der Waals surface area (Å²) in [6.45, 7) is 4.98. The number of hydrogen-bond acceptors (Lipinski definition) is 4. The zero-order valence-corrected chi connectivity index (χ0v) is 11.2. The molecule has 0 spiro atoms. The van der Waals surface area contributed by atoms with E-state index >= 15 is 0 Å². The van der Waals surface area contributed by atoms with E-state index in [1.54, 1.807) is 11.2 Å². The maximum absolute atomic E-state index is 11.7. The molecule has 1 saturated heterocycles. The van der Waals surface area contributed by atoms with Gasteiger partial charge in [-0.15, -0.1) is 0 Å². The molecule has 1 heterocycles. The summed E-state index contributed by atoms with van der Waals surface area (Å²) in [7, 11) is -3.03. The fraction of sp³-hybridized carbons (Fsp3) is 1.00. The number of β-amino-alcohol motifs (C(OH)–C–C–N with tert-alkyl or cyclic N) is 1. The molecule has 5 nitrogen and oxygen atoms in total. The first-order chi connectivity index (χ1) is 8.03. The van der Waals surface area contributed by atoms with Gasteiger partial charge in [0.15, 0.2) is 0 Å². The third-order valence-corrected chi connectivity index (χ3v) is 5.58. The third-order valence-electron chi connectivity index (χ3n) is 3.70.